The molecule has 1 saturated heterocycles. The van der Waals surface area contributed by atoms with E-state index in [-0.39, 0.29) is 23.8 Å². The van der Waals surface area contributed by atoms with E-state index in [1.54, 1.807) is 12.3 Å². The molecule has 6 heteroatoms. The van der Waals surface area contributed by atoms with Crippen molar-refractivity contribution in [2.24, 2.45) is 0 Å². The maximum atomic E-state index is 13.5. The molecule has 1 aliphatic rings. The first-order chi connectivity index (χ1) is 11.0. The second-order valence-corrected chi connectivity index (χ2v) is 5.75. The molecule has 1 fully saturated rings. The average molecular weight is 320 g/mol. The summed E-state index contributed by atoms with van der Waals surface area (Å²) in [5.41, 5.74) is 0.984. The number of nitrogens with zero attached hydrogens (tertiary/aromatic N) is 2. The predicted molar refractivity (Wildman–Crippen MR) is 81.2 cm³/mol. The van der Waals surface area contributed by atoms with E-state index in [1.807, 2.05) is 13.0 Å². The molecule has 0 unspecified atom stereocenters. The minimum absolute atomic E-state index is 0.0667. The van der Waals surface area contributed by atoms with Crippen LogP contribution in [0.25, 0.3) is 0 Å². The smallest absolute Gasteiger partial charge is 0.219 e. The van der Waals surface area contributed by atoms with Crippen LogP contribution in [0.1, 0.15) is 18.9 Å². The number of hydrogen-bond donors (Lipinski definition) is 1. The Morgan fingerprint density at radius 2 is 2.13 bits per heavy atom. The third-order valence-corrected chi connectivity index (χ3v) is 4.14. The molecule has 0 aliphatic carbocycles. The van der Waals surface area contributed by atoms with E-state index in [9.17, 15) is 13.9 Å². The van der Waals surface area contributed by atoms with Crippen LogP contribution < -0.4 is 4.74 Å². The number of rotatable bonds is 4. The zero-order valence-electron chi connectivity index (χ0n) is 12.7. The van der Waals surface area contributed by atoms with Gasteiger partial charge >= 0.3 is 0 Å². The molecule has 4 nitrogen and oxygen atoms in total. The Kier molecular flexibility index (Phi) is 4.54. The predicted octanol–water partition coefficient (Wildman–Crippen LogP) is 3.11. The van der Waals surface area contributed by atoms with Gasteiger partial charge in [0.05, 0.1) is 6.10 Å². The molecule has 1 aromatic heterocycles. The van der Waals surface area contributed by atoms with Crippen LogP contribution in [0.3, 0.4) is 0 Å². The van der Waals surface area contributed by atoms with Gasteiger partial charge in [0.1, 0.15) is 5.82 Å². The van der Waals surface area contributed by atoms with Crippen molar-refractivity contribution in [2.45, 2.75) is 32.0 Å². The van der Waals surface area contributed by atoms with Gasteiger partial charge in [0.25, 0.3) is 0 Å². The number of ether oxygens (including phenoxy) is 1. The average Bonchev–Trinajstić information content (AvgIpc) is 2.84. The minimum atomic E-state index is -0.768. The molecule has 122 valence electrons. The van der Waals surface area contributed by atoms with Crippen LogP contribution in [-0.2, 0) is 6.54 Å². The van der Waals surface area contributed by atoms with Crippen molar-refractivity contribution in [3.8, 4) is 11.6 Å². The summed E-state index contributed by atoms with van der Waals surface area (Å²) in [4.78, 5) is 6.33. The Morgan fingerprint density at radius 1 is 1.30 bits per heavy atom. The van der Waals surface area contributed by atoms with E-state index in [2.05, 4.69) is 9.88 Å². The Bertz CT molecular complexity index is 679. The van der Waals surface area contributed by atoms with Crippen LogP contribution in [0.15, 0.2) is 36.5 Å². The minimum Gasteiger partial charge on any atom is -0.436 e. The Balaban J connectivity index is 1.65. The number of aromatic nitrogens is 1. The summed E-state index contributed by atoms with van der Waals surface area (Å²) < 4.78 is 31.7. The first kappa shape index (κ1) is 15.8. The van der Waals surface area contributed by atoms with Crippen molar-refractivity contribution in [1.82, 2.24) is 9.88 Å². The van der Waals surface area contributed by atoms with Crippen LogP contribution in [-0.4, -0.2) is 33.7 Å². The van der Waals surface area contributed by atoms with Crippen LogP contribution in [0.2, 0.25) is 0 Å². The summed E-state index contributed by atoms with van der Waals surface area (Å²) in [6, 6.07) is 6.75. The summed E-state index contributed by atoms with van der Waals surface area (Å²) in [6.07, 6.45) is 2.15. The molecule has 3 rings (SSSR count). The monoisotopic (exact) mass is 320 g/mol. The lowest BCUT2D eigenvalue weighted by atomic mass is 10.2. The highest BCUT2D eigenvalue weighted by molar-refractivity contribution is 5.29. The van der Waals surface area contributed by atoms with Gasteiger partial charge < -0.3 is 9.84 Å². The van der Waals surface area contributed by atoms with Gasteiger partial charge in [-0.1, -0.05) is 6.07 Å². The lowest BCUT2D eigenvalue weighted by molar-refractivity contribution is 0.123. The Hall–Kier alpha value is -2.05. The fourth-order valence-electron chi connectivity index (χ4n) is 2.68. The van der Waals surface area contributed by atoms with Gasteiger partial charge in [0.15, 0.2) is 11.6 Å². The second kappa shape index (κ2) is 6.60. The van der Waals surface area contributed by atoms with Gasteiger partial charge in [0, 0.05) is 37.5 Å². The molecule has 0 saturated carbocycles. The maximum Gasteiger partial charge on any atom is 0.219 e. The molecule has 1 aliphatic heterocycles. The first-order valence-corrected chi connectivity index (χ1v) is 7.53. The van der Waals surface area contributed by atoms with E-state index >= 15 is 0 Å². The fourth-order valence-corrected chi connectivity index (χ4v) is 2.68. The van der Waals surface area contributed by atoms with Gasteiger partial charge in [-0.25, -0.2) is 13.8 Å². The zero-order valence-corrected chi connectivity index (χ0v) is 12.7. The van der Waals surface area contributed by atoms with Crippen LogP contribution in [0.5, 0.6) is 11.6 Å². The fraction of sp³-hybridized carbons (Fsp3) is 0.353. The highest BCUT2D eigenvalue weighted by Crippen LogP contribution is 2.24. The third kappa shape index (κ3) is 3.65. The molecule has 2 heterocycles. The highest BCUT2D eigenvalue weighted by Gasteiger charge is 2.28. The number of aliphatic hydroxyl groups is 1. The summed E-state index contributed by atoms with van der Waals surface area (Å²) in [6.45, 7) is 3.54. The van der Waals surface area contributed by atoms with E-state index < -0.39 is 11.6 Å². The van der Waals surface area contributed by atoms with Gasteiger partial charge in [-0.15, -0.1) is 0 Å². The van der Waals surface area contributed by atoms with E-state index in [0.717, 1.165) is 30.7 Å². The SMILES string of the molecule is C[C@H]1[C@@H](O)CCN1Cc1ccc(Oc2ccc(F)cc2F)nc1. The number of hydrogen-bond acceptors (Lipinski definition) is 4. The largest absolute Gasteiger partial charge is 0.436 e. The van der Waals surface area contributed by atoms with Gasteiger partial charge in [-0.3, -0.25) is 4.90 Å². The Labute approximate surface area is 133 Å². The third-order valence-electron chi connectivity index (χ3n) is 4.14. The van der Waals surface area contributed by atoms with E-state index in [0.29, 0.717) is 6.54 Å². The van der Waals surface area contributed by atoms with Crippen LogP contribution in [0.4, 0.5) is 8.78 Å². The van der Waals surface area contributed by atoms with Crippen molar-refractivity contribution < 1.29 is 18.6 Å². The lowest BCUT2D eigenvalue weighted by Gasteiger charge is -2.22. The number of benzene rings is 1. The highest BCUT2D eigenvalue weighted by atomic mass is 19.1. The number of likely N-dealkylation sites (tertiary alicyclic amines) is 1. The van der Waals surface area contributed by atoms with Gasteiger partial charge in [-0.05, 0) is 31.0 Å². The number of halogens is 2. The molecule has 0 radical (unpaired) electrons. The van der Waals surface area contributed by atoms with Crippen molar-refractivity contribution in [2.75, 3.05) is 6.54 Å². The van der Waals surface area contributed by atoms with E-state index in [4.69, 9.17) is 4.74 Å². The standard InChI is InChI=1S/C17H18F2N2O2/c1-11-15(22)6-7-21(11)10-12-2-5-17(20-9-12)23-16-4-3-13(18)8-14(16)19/h2-5,8-9,11,15,22H,6-7,10H2,1H3/t11-,15-/m0/s1. The van der Waals surface area contributed by atoms with Crippen molar-refractivity contribution in [3.05, 3.63) is 53.7 Å². The van der Waals surface area contributed by atoms with Crippen molar-refractivity contribution in [1.29, 1.82) is 0 Å². The normalized spacial score (nSPS) is 21.6. The summed E-state index contributed by atoms with van der Waals surface area (Å²) in [5, 5.41) is 9.76. The number of pyridine rings is 1. The van der Waals surface area contributed by atoms with Crippen molar-refractivity contribution >= 4 is 0 Å². The summed E-state index contributed by atoms with van der Waals surface area (Å²) in [7, 11) is 0. The molecule has 0 spiro atoms. The molecule has 23 heavy (non-hydrogen) atoms. The summed E-state index contributed by atoms with van der Waals surface area (Å²) in [5.74, 6) is -1.24. The molecule has 2 aromatic rings. The maximum absolute atomic E-state index is 13.5. The Morgan fingerprint density at radius 3 is 2.74 bits per heavy atom. The first-order valence-electron chi connectivity index (χ1n) is 7.53. The van der Waals surface area contributed by atoms with E-state index in [1.165, 1.54) is 6.07 Å². The molecule has 0 amide bonds. The molecule has 2 atom stereocenters. The topological polar surface area (TPSA) is 45.6 Å². The molecule has 1 aromatic carbocycles. The van der Waals surface area contributed by atoms with Crippen LogP contribution >= 0.6 is 0 Å². The molecule has 1 N–H and O–H groups in total. The number of aliphatic hydroxyl groups excluding tert-OH is 1. The molecule has 0 bridgehead atoms. The zero-order chi connectivity index (χ0) is 16.4. The van der Waals surface area contributed by atoms with Crippen molar-refractivity contribution in [3.63, 3.8) is 0 Å². The molecular weight excluding hydrogens is 302 g/mol. The van der Waals surface area contributed by atoms with Gasteiger partial charge in [-0.2, -0.15) is 0 Å². The lowest BCUT2D eigenvalue weighted by Crippen LogP contribution is -2.31. The quantitative estimate of drug-likeness (QED) is 0.940. The van der Waals surface area contributed by atoms with Crippen LogP contribution in [0, 0.1) is 11.6 Å². The molecular formula is C17H18F2N2O2. The van der Waals surface area contributed by atoms with Gasteiger partial charge in [0.2, 0.25) is 5.88 Å². The second-order valence-electron chi connectivity index (χ2n) is 5.75. The summed E-state index contributed by atoms with van der Waals surface area (Å²) >= 11 is 0.